The Hall–Kier alpha value is -1.60. The standard InChI is InChI=1S/C12H15F3N2O3/c1-6-4-7(8(5-6)11(18)19)10-16-9(17-20-10)2-3-12(13,14)15/h6-8H,2-5H2,1H3,(H,18,19). The Bertz CT molecular complexity index is 487. The number of carboxylic acids is 1. The van der Waals surface area contributed by atoms with E-state index in [2.05, 4.69) is 10.1 Å². The molecule has 0 radical (unpaired) electrons. The number of halogens is 3. The highest BCUT2D eigenvalue weighted by Crippen LogP contribution is 2.42. The number of rotatable bonds is 4. The van der Waals surface area contributed by atoms with E-state index in [9.17, 15) is 18.0 Å². The van der Waals surface area contributed by atoms with Crippen LogP contribution in [-0.2, 0) is 11.2 Å². The van der Waals surface area contributed by atoms with Crippen LogP contribution in [0.1, 0.15) is 43.8 Å². The fraction of sp³-hybridized carbons (Fsp3) is 0.750. The number of hydrogen-bond donors (Lipinski definition) is 1. The Morgan fingerprint density at radius 2 is 2.15 bits per heavy atom. The van der Waals surface area contributed by atoms with E-state index in [0.29, 0.717) is 12.8 Å². The molecule has 1 saturated carbocycles. The zero-order valence-electron chi connectivity index (χ0n) is 10.9. The second-order valence-electron chi connectivity index (χ2n) is 5.29. The van der Waals surface area contributed by atoms with Crippen molar-refractivity contribution in [1.29, 1.82) is 0 Å². The summed E-state index contributed by atoms with van der Waals surface area (Å²) in [6.07, 6.45) is -4.53. The van der Waals surface area contributed by atoms with Crippen molar-refractivity contribution in [3.05, 3.63) is 11.7 Å². The molecule has 112 valence electrons. The lowest BCUT2D eigenvalue weighted by Gasteiger charge is -2.10. The van der Waals surface area contributed by atoms with Crippen LogP contribution in [0, 0.1) is 11.8 Å². The zero-order chi connectivity index (χ0) is 14.9. The predicted octanol–water partition coefficient (Wildman–Crippen LogP) is 2.78. The molecule has 5 nitrogen and oxygen atoms in total. The maximum Gasteiger partial charge on any atom is 0.389 e. The summed E-state index contributed by atoms with van der Waals surface area (Å²) >= 11 is 0. The molecule has 1 aromatic heterocycles. The van der Waals surface area contributed by atoms with E-state index in [4.69, 9.17) is 9.63 Å². The molecule has 1 aromatic rings. The van der Waals surface area contributed by atoms with Crippen LogP contribution in [0.2, 0.25) is 0 Å². The number of alkyl halides is 3. The van der Waals surface area contributed by atoms with Gasteiger partial charge in [-0.2, -0.15) is 18.2 Å². The van der Waals surface area contributed by atoms with Gasteiger partial charge >= 0.3 is 12.1 Å². The van der Waals surface area contributed by atoms with Gasteiger partial charge in [0.2, 0.25) is 5.89 Å². The molecule has 1 aliphatic rings. The lowest BCUT2D eigenvalue weighted by molar-refractivity contribution is -0.142. The first-order chi connectivity index (χ1) is 9.26. The number of aliphatic carboxylic acids is 1. The molecule has 1 N–H and O–H groups in total. The molecule has 8 heteroatoms. The van der Waals surface area contributed by atoms with Crippen molar-refractivity contribution in [2.45, 2.75) is 44.7 Å². The molecule has 0 aromatic carbocycles. The van der Waals surface area contributed by atoms with E-state index in [1.165, 1.54) is 0 Å². The third-order valence-corrected chi connectivity index (χ3v) is 3.55. The summed E-state index contributed by atoms with van der Waals surface area (Å²) in [6.45, 7) is 1.93. The highest BCUT2D eigenvalue weighted by atomic mass is 19.4. The summed E-state index contributed by atoms with van der Waals surface area (Å²) in [5, 5.41) is 12.6. The lowest BCUT2D eigenvalue weighted by atomic mass is 9.96. The van der Waals surface area contributed by atoms with Crippen molar-refractivity contribution in [2.75, 3.05) is 0 Å². The van der Waals surface area contributed by atoms with Gasteiger partial charge in [-0.05, 0) is 18.8 Å². The first kappa shape index (κ1) is 14.8. The summed E-state index contributed by atoms with van der Waals surface area (Å²) in [5.41, 5.74) is 0. The molecule has 0 spiro atoms. The molecule has 20 heavy (non-hydrogen) atoms. The molecule has 1 heterocycles. The molecular weight excluding hydrogens is 277 g/mol. The smallest absolute Gasteiger partial charge is 0.389 e. The molecule has 0 amide bonds. The van der Waals surface area contributed by atoms with E-state index in [0.717, 1.165) is 0 Å². The maximum atomic E-state index is 12.1. The highest BCUT2D eigenvalue weighted by Gasteiger charge is 2.41. The summed E-state index contributed by atoms with van der Waals surface area (Å²) < 4.78 is 41.3. The van der Waals surface area contributed by atoms with Crippen molar-refractivity contribution in [2.24, 2.45) is 11.8 Å². The minimum absolute atomic E-state index is 0.0268. The average molecular weight is 292 g/mol. The Labute approximate surface area is 113 Å². The Balaban J connectivity index is 2.06. The van der Waals surface area contributed by atoms with E-state index in [1.807, 2.05) is 6.92 Å². The number of carboxylic acid groups (broad SMARTS) is 1. The van der Waals surface area contributed by atoms with Crippen molar-refractivity contribution in [3.8, 4) is 0 Å². The third-order valence-electron chi connectivity index (χ3n) is 3.55. The van der Waals surface area contributed by atoms with Crippen molar-refractivity contribution < 1.29 is 27.6 Å². The largest absolute Gasteiger partial charge is 0.481 e. The normalized spacial score (nSPS) is 26.9. The molecule has 3 unspecified atom stereocenters. The van der Waals surface area contributed by atoms with Gasteiger partial charge in [-0.1, -0.05) is 12.1 Å². The van der Waals surface area contributed by atoms with Crippen LogP contribution in [0.3, 0.4) is 0 Å². The second kappa shape index (κ2) is 5.41. The Kier molecular flexibility index (Phi) is 4.01. The van der Waals surface area contributed by atoms with Crippen LogP contribution in [0.15, 0.2) is 4.52 Å². The summed E-state index contributed by atoms with van der Waals surface area (Å²) in [4.78, 5) is 15.1. The number of carbonyl (C=O) groups is 1. The molecule has 1 fully saturated rings. The van der Waals surface area contributed by atoms with Gasteiger partial charge in [0.05, 0.1) is 18.3 Å². The zero-order valence-corrected chi connectivity index (χ0v) is 10.9. The molecule has 1 aliphatic carbocycles. The van der Waals surface area contributed by atoms with Crippen molar-refractivity contribution in [1.82, 2.24) is 10.1 Å². The summed E-state index contributed by atoms with van der Waals surface area (Å²) in [6, 6.07) is 0. The Morgan fingerprint density at radius 1 is 1.45 bits per heavy atom. The van der Waals surface area contributed by atoms with Crippen molar-refractivity contribution >= 4 is 5.97 Å². The van der Waals surface area contributed by atoms with Gasteiger partial charge in [-0.3, -0.25) is 4.79 Å². The molecule has 2 rings (SSSR count). The van der Waals surface area contributed by atoms with Gasteiger partial charge in [-0.15, -0.1) is 0 Å². The number of aryl methyl sites for hydroxylation is 1. The fourth-order valence-electron chi connectivity index (χ4n) is 2.61. The minimum Gasteiger partial charge on any atom is -0.481 e. The average Bonchev–Trinajstić information content (AvgIpc) is 2.91. The van der Waals surface area contributed by atoms with Crippen LogP contribution in [0.25, 0.3) is 0 Å². The summed E-state index contributed by atoms with van der Waals surface area (Å²) in [5.74, 6) is -1.63. The first-order valence-electron chi connectivity index (χ1n) is 6.38. The second-order valence-corrected chi connectivity index (χ2v) is 5.29. The van der Waals surface area contributed by atoms with Crippen LogP contribution in [-0.4, -0.2) is 27.4 Å². The van der Waals surface area contributed by atoms with Crippen LogP contribution < -0.4 is 0 Å². The third kappa shape index (κ3) is 3.49. The maximum absolute atomic E-state index is 12.1. The van der Waals surface area contributed by atoms with E-state index >= 15 is 0 Å². The van der Waals surface area contributed by atoms with Gasteiger partial charge in [0.15, 0.2) is 5.82 Å². The predicted molar refractivity (Wildman–Crippen MR) is 60.9 cm³/mol. The van der Waals surface area contributed by atoms with Gasteiger partial charge in [0.1, 0.15) is 0 Å². The van der Waals surface area contributed by atoms with Gasteiger partial charge in [-0.25, -0.2) is 0 Å². The van der Waals surface area contributed by atoms with Gasteiger partial charge in [0.25, 0.3) is 0 Å². The van der Waals surface area contributed by atoms with E-state index in [-0.39, 0.29) is 24.1 Å². The molecule has 3 atom stereocenters. The van der Waals surface area contributed by atoms with Crippen LogP contribution in [0.5, 0.6) is 0 Å². The van der Waals surface area contributed by atoms with Gasteiger partial charge in [0, 0.05) is 6.42 Å². The molecule has 0 bridgehead atoms. The van der Waals surface area contributed by atoms with E-state index < -0.39 is 30.4 Å². The fourth-order valence-corrected chi connectivity index (χ4v) is 2.61. The van der Waals surface area contributed by atoms with Crippen LogP contribution >= 0.6 is 0 Å². The summed E-state index contributed by atoms with van der Waals surface area (Å²) in [7, 11) is 0. The number of hydrogen-bond acceptors (Lipinski definition) is 4. The van der Waals surface area contributed by atoms with Gasteiger partial charge < -0.3 is 9.63 Å². The van der Waals surface area contributed by atoms with Crippen LogP contribution in [0.4, 0.5) is 13.2 Å². The molecular formula is C12H15F3N2O3. The minimum atomic E-state index is -4.27. The molecule has 0 aliphatic heterocycles. The first-order valence-corrected chi connectivity index (χ1v) is 6.38. The monoisotopic (exact) mass is 292 g/mol. The Morgan fingerprint density at radius 3 is 2.75 bits per heavy atom. The van der Waals surface area contributed by atoms with Crippen molar-refractivity contribution in [3.63, 3.8) is 0 Å². The van der Waals surface area contributed by atoms with E-state index in [1.54, 1.807) is 0 Å². The topological polar surface area (TPSA) is 76.2 Å². The number of aromatic nitrogens is 2. The quantitative estimate of drug-likeness (QED) is 0.923. The lowest BCUT2D eigenvalue weighted by Crippen LogP contribution is -2.17. The molecule has 0 saturated heterocycles. The number of nitrogens with zero attached hydrogens (tertiary/aromatic N) is 2. The SMILES string of the molecule is CC1CC(C(=O)O)C(c2nc(CCC(F)(F)F)no2)C1. The highest BCUT2D eigenvalue weighted by molar-refractivity contribution is 5.71.